The third-order valence-electron chi connectivity index (χ3n) is 0. The van der Waals surface area contributed by atoms with Crippen LogP contribution in [0.3, 0.4) is 0 Å². The number of halogens is 3. The first kappa shape index (κ1) is 12.4. The Kier molecular flexibility index (Phi) is 21.4. The maximum absolute atomic E-state index is 2.38. The van der Waals surface area contributed by atoms with Crippen molar-refractivity contribution in [2.45, 2.75) is 0 Å². The fraction of sp³-hybridized carbons (Fsp3) is 0. The molecule has 0 aliphatic carbocycles. The first-order valence-corrected chi connectivity index (χ1v) is 10.2. The summed E-state index contributed by atoms with van der Waals surface area (Å²) in [4.78, 5) is 0. The molecular formula is HCsI3P. The maximum Gasteiger partial charge on any atom is 1.00 e. The normalized spacial score (nSPS) is 7.20. The second kappa shape index (κ2) is 8.67. The second-order valence-corrected chi connectivity index (χ2v) is 25.9. The minimum absolute atomic E-state index is 0. The van der Waals surface area contributed by atoms with Crippen molar-refractivity contribution in [3.8, 4) is 0 Å². The largest absolute Gasteiger partial charge is 1.00 e. The van der Waals surface area contributed by atoms with Gasteiger partial charge in [-0.05, 0) is 66.1 Å². The van der Waals surface area contributed by atoms with E-state index >= 15 is 0 Å². The topological polar surface area (TPSA) is 0 Å². The van der Waals surface area contributed by atoms with Crippen LogP contribution in [0.4, 0.5) is 0 Å². The van der Waals surface area contributed by atoms with Gasteiger partial charge in [0, 0.05) is 0 Å². The monoisotopic (exact) mass is 546 g/mol. The zero-order chi connectivity index (χ0) is 3.58. The summed E-state index contributed by atoms with van der Waals surface area (Å²) in [6.07, 6.45) is 0. The van der Waals surface area contributed by atoms with Crippen molar-refractivity contribution in [3.63, 3.8) is 0 Å². The molecule has 0 fully saturated rings. The Labute approximate surface area is 132 Å². The zero-order valence-electron chi connectivity index (χ0n) is 3.58. The van der Waals surface area contributed by atoms with Gasteiger partial charge in [0.05, 0.1) is 0.849 Å². The Morgan fingerprint density at radius 2 is 1.20 bits per heavy atom. The molecule has 0 atom stereocenters. The Bertz CT molecular complexity index is 15.5. The minimum atomic E-state index is 0. The van der Waals surface area contributed by atoms with Gasteiger partial charge in [-0.1, -0.05) is 0 Å². The van der Waals surface area contributed by atoms with Gasteiger partial charge >= 0.3 is 68.9 Å². The van der Waals surface area contributed by atoms with Crippen LogP contribution in [0.5, 0.6) is 0 Å². The third kappa shape index (κ3) is 17.7. The van der Waals surface area contributed by atoms with E-state index in [0.717, 1.165) is 0 Å². The molecule has 0 heterocycles. The predicted molar refractivity (Wildman–Crippen MR) is 50.1 cm³/mol. The summed E-state index contributed by atoms with van der Waals surface area (Å²) in [5.41, 5.74) is 0. The van der Waals surface area contributed by atoms with Crippen LogP contribution < -0.4 is 68.9 Å². The van der Waals surface area contributed by atoms with Crippen LogP contribution in [0.15, 0.2) is 0 Å². The van der Waals surface area contributed by atoms with Gasteiger partial charge < -0.3 is 1.43 Å². The van der Waals surface area contributed by atoms with Crippen molar-refractivity contribution < 1.29 is 70.3 Å². The quantitative estimate of drug-likeness (QED) is 0.310. The summed E-state index contributed by atoms with van der Waals surface area (Å²) in [6, 6.07) is 0. The van der Waals surface area contributed by atoms with E-state index in [1.54, 1.807) is 0 Å². The van der Waals surface area contributed by atoms with E-state index < -0.39 is 0 Å². The average molecular weight is 546 g/mol. The molecule has 5 heteroatoms. The van der Waals surface area contributed by atoms with Crippen molar-refractivity contribution in [1.29, 1.82) is 0 Å². The fourth-order valence-electron chi connectivity index (χ4n) is 0. The molecule has 0 aliphatic heterocycles. The Balaban J connectivity index is -0.0000000450. The standard InChI is InChI=1S/Cs.I3P.H/c;1-4(2)3;/q+1;;-1. The van der Waals surface area contributed by atoms with Gasteiger partial charge in [0.2, 0.25) is 0 Å². The van der Waals surface area contributed by atoms with Crippen molar-refractivity contribution >= 4 is 67.0 Å². The van der Waals surface area contributed by atoms with Gasteiger partial charge in [0.25, 0.3) is 0 Å². The van der Waals surface area contributed by atoms with E-state index in [1.807, 2.05) is 0 Å². The van der Waals surface area contributed by atoms with E-state index in [1.165, 1.54) is 0 Å². The number of rotatable bonds is 0. The van der Waals surface area contributed by atoms with E-state index in [4.69, 9.17) is 0 Å². The molecule has 0 aliphatic rings. The molecule has 0 rings (SSSR count). The molecule has 0 saturated carbocycles. The van der Waals surface area contributed by atoms with Crippen LogP contribution in [0.2, 0.25) is 0 Å². The molecule has 5 heavy (non-hydrogen) atoms. The van der Waals surface area contributed by atoms with E-state index in [0.29, 0.717) is 0 Å². The summed E-state index contributed by atoms with van der Waals surface area (Å²) < 4.78 is 0.290. The average Bonchev–Trinajstić information content (AvgIpc) is 0.811. The fourth-order valence-corrected chi connectivity index (χ4v) is 0. The molecule has 0 aromatic heterocycles. The van der Waals surface area contributed by atoms with Crippen LogP contribution in [0.1, 0.15) is 1.43 Å². The molecule has 28 valence electrons. The van der Waals surface area contributed by atoms with Gasteiger partial charge in [-0.3, -0.25) is 0 Å². The number of hydrogen-bond donors (Lipinski definition) is 0. The summed E-state index contributed by atoms with van der Waals surface area (Å²) in [5.74, 6) is 0. The van der Waals surface area contributed by atoms with Crippen LogP contribution in [-0.4, -0.2) is 0 Å². The summed E-state index contributed by atoms with van der Waals surface area (Å²) in [5, 5.41) is 0. The molecule has 0 aromatic carbocycles. The molecule has 0 amide bonds. The third-order valence-corrected chi connectivity index (χ3v) is 0. The van der Waals surface area contributed by atoms with Crippen LogP contribution in [0, 0.1) is 0 Å². The molecule has 0 aromatic rings. The molecule has 0 unspecified atom stereocenters. The van der Waals surface area contributed by atoms with Crippen LogP contribution in [0.25, 0.3) is 0 Å². The Hall–Kier alpha value is 4.67. The second-order valence-electron chi connectivity index (χ2n) is 0.192. The predicted octanol–water partition coefficient (Wildman–Crippen LogP) is 0.635. The zero-order valence-corrected chi connectivity index (χ0v) is 16.2. The summed E-state index contributed by atoms with van der Waals surface area (Å²) in [6.45, 7) is 0. The van der Waals surface area contributed by atoms with Crippen molar-refractivity contribution in [2.75, 3.05) is 0 Å². The first-order chi connectivity index (χ1) is 1.73. The Morgan fingerprint density at radius 1 is 1.20 bits per heavy atom. The molecule has 0 N–H and O–H groups in total. The Morgan fingerprint density at radius 3 is 1.20 bits per heavy atom. The van der Waals surface area contributed by atoms with Crippen LogP contribution in [-0.2, 0) is 0 Å². The first-order valence-electron chi connectivity index (χ1n) is 0.507. The number of hydrogen-bond acceptors (Lipinski definition) is 0. The molecule has 0 radical (unpaired) electrons. The molecule has 0 bridgehead atoms. The summed E-state index contributed by atoms with van der Waals surface area (Å²) >= 11 is 7.14. The summed E-state index contributed by atoms with van der Waals surface area (Å²) in [7, 11) is 0. The van der Waals surface area contributed by atoms with Gasteiger partial charge in [-0.2, -0.15) is 0 Å². The SMILES string of the molecule is IP(I)I.[Cs+].[H-]. The van der Waals surface area contributed by atoms with Gasteiger partial charge in [0.15, 0.2) is 0 Å². The molecule has 0 saturated heterocycles. The van der Waals surface area contributed by atoms with Crippen molar-refractivity contribution in [1.82, 2.24) is 0 Å². The van der Waals surface area contributed by atoms with Gasteiger partial charge in [0.1, 0.15) is 0 Å². The van der Waals surface area contributed by atoms with E-state index in [-0.39, 0.29) is 71.2 Å². The molecular weight excluding hydrogens is 545 g/mol. The van der Waals surface area contributed by atoms with E-state index in [2.05, 4.69) is 66.1 Å². The van der Waals surface area contributed by atoms with Crippen molar-refractivity contribution in [3.05, 3.63) is 0 Å². The molecule has 0 nitrogen and oxygen atoms in total. The smallest absolute Gasteiger partial charge is 1.00 e. The van der Waals surface area contributed by atoms with Gasteiger partial charge in [-0.15, -0.1) is 0 Å². The molecule has 0 spiro atoms. The van der Waals surface area contributed by atoms with Gasteiger partial charge in [-0.25, -0.2) is 0 Å². The van der Waals surface area contributed by atoms with E-state index in [9.17, 15) is 0 Å². The maximum atomic E-state index is 2.38. The van der Waals surface area contributed by atoms with Crippen LogP contribution >= 0.6 is 67.0 Å². The minimum Gasteiger partial charge on any atom is -1.00 e. The van der Waals surface area contributed by atoms with Crippen molar-refractivity contribution in [2.24, 2.45) is 0 Å².